The number of hydrogen-bond acceptors (Lipinski definition) is 6. The maximum absolute atomic E-state index is 14.3. The highest BCUT2D eigenvalue weighted by molar-refractivity contribution is 7.78. The number of aromatic nitrogens is 2. The first-order chi connectivity index (χ1) is 14.8. The Hall–Kier alpha value is -2.44. The van der Waals surface area contributed by atoms with Crippen molar-refractivity contribution < 1.29 is 14.8 Å². The van der Waals surface area contributed by atoms with E-state index in [1.54, 1.807) is 29.2 Å². The van der Waals surface area contributed by atoms with Gasteiger partial charge in [-0.25, -0.2) is 9.98 Å². The molecule has 7 nitrogen and oxygen atoms in total. The van der Waals surface area contributed by atoms with Gasteiger partial charge >= 0.3 is 0 Å². The number of fused-ring (bicyclic) bond motifs is 1. The molecule has 0 amide bonds. The summed E-state index contributed by atoms with van der Waals surface area (Å²) in [7, 11) is -3.22. The van der Waals surface area contributed by atoms with Crippen LogP contribution < -0.4 is 10.6 Å². The second kappa shape index (κ2) is 8.60. The minimum absolute atomic E-state index is 0.00665. The van der Waals surface area contributed by atoms with Crippen LogP contribution in [0.25, 0.3) is 0 Å². The summed E-state index contributed by atoms with van der Waals surface area (Å²) in [4.78, 5) is 12.8. The summed E-state index contributed by atoms with van der Waals surface area (Å²) >= 11 is 6.49. The summed E-state index contributed by atoms with van der Waals surface area (Å²) in [5, 5.41) is 23.5. The Morgan fingerprint density at radius 2 is 1.74 bits per heavy atom. The van der Waals surface area contributed by atoms with Gasteiger partial charge in [-0.3, -0.25) is 0 Å². The molecule has 0 aliphatic carbocycles. The minimum Gasteiger partial charge on any atom is -0.388 e. The van der Waals surface area contributed by atoms with Crippen molar-refractivity contribution >= 4 is 41.5 Å². The van der Waals surface area contributed by atoms with Gasteiger partial charge in [-0.2, -0.15) is 0 Å². The lowest BCUT2D eigenvalue weighted by atomic mass is 10.0. The van der Waals surface area contributed by atoms with Gasteiger partial charge < -0.3 is 24.7 Å². The van der Waals surface area contributed by atoms with Crippen molar-refractivity contribution in [2.45, 2.75) is 24.1 Å². The van der Waals surface area contributed by atoms with Gasteiger partial charge in [-0.15, -0.1) is 0 Å². The van der Waals surface area contributed by atoms with E-state index in [-0.39, 0.29) is 12.7 Å². The molecule has 2 heterocycles. The first-order valence-corrected chi connectivity index (χ1v) is 12.2. The Bertz CT molecular complexity index is 1060. The Morgan fingerprint density at radius 3 is 2.32 bits per heavy atom. The van der Waals surface area contributed by atoms with Crippen LogP contribution in [0.2, 0.25) is 0 Å². The number of aromatic amines is 1. The van der Waals surface area contributed by atoms with E-state index in [2.05, 4.69) is 15.0 Å². The van der Waals surface area contributed by atoms with Crippen molar-refractivity contribution in [3.63, 3.8) is 0 Å². The topological polar surface area (TPSA) is 102 Å². The van der Waals surface area contributed by atoms with Crippen LogP contribution in [0.15, 0.2) is 72.0 Å². The quantitative estimate of drug-likeness (QED) is 0.287. The van der Waals surface area contributed by atoms with Crippen LogP contribution >= 0.6 is 18.7 Å². The van der Waals surface area contributed by atoms with Crippen molar-refractivity contribution in [1.82, 2.24) is 14.9 Å². The number of nitrogens with one attached hydrogen (secondary N) is 1. The lowest BCUT2D eigenvalue weighted by Gasteiger charge is -2.37. The van der Waals surface area contributed by atoms with Gasteiger partial charge in [0.2, 0.25) is 0 Å². The molecule has 162 valence electrons. The van der Waals surface area contributed by atoms with Gasteiger partial charge in [0.05, 0.1) is 24.0 Å². The molecule has 0 saturated heterocycles. The van der Waals surface area contributed by atoms with Crippen LogP contribution in [0.4, 0.5) is 5.82 Å². The number of H-pyrrole nitrogens is 1. The number of alkyl halides is 1. The van der Waals surface area contributed by atoms with E-state index in [1.165, 1.54) is 19.6 Å². The van der Waals surface area contributed by atoms with Gasteiger partial charge in [-0.1, -0.05) is 72.3 Å². The van der Waals surface area contributed by atoms with E-state index in [4.69, 9.17) is 11.6 Å². The average molecular weight is 459 g/mol. The van der Waals surface area contributed by atoms with E-state index in [1.807, 2.05) is 36.4 Å². The number of aliphatic hydroxyl groups is 2. The molecule has 0 saturated carbocycles. The second-order valence-corrected chi connectivity index (χ2v) is 11.1. The molecule has 1 aliphatic rings. The fourth-order valence-electron chi connectivity index (χ4n) is 3.69. The highest BCUT2D eigenvalue weighted by Crippen LogP contribution is 2.47. The minimum atomic E-state index is -3.22. The van der Waals surface area contributed by atoms with E-state index in [0.29, 0.717) is 22.1 Å². The zero-order valence-electron chi connectivity index (χ0n) is 17.0. The Labute approximate surface area is 185 Å². The Morgan fingerprint density at radius 1 is 1.16 bits per heavy atom. The molecule has 0 bridgehead atoms. The zero-order valence-corrected chi connectivity index (χ0v) is 18.6. The monoisotopic (exact) mass is 458 g/mol. The smallest absolute Gasteiger partial charge is 0.177 e. The van der Waals surface area contributed by atoms with Crippen molar-refractivity contribution in [1.29, 1.82) is 0 Å². The molecule has 3 atom stereocenters. The lowest BCUT2D eigenvalue weighted by Crippen LogP contribution is -2.50. The molecule has 3 aromatic rings. The molecule has 1 aliphatic heterocycles. The molecule has 9 heteroatoms. The van der Waals surface area contributed by atoms with Crippen molar-refractivity contribution in [2.24, 2.45) is 4.99 Å². The van der Waals surface area contributed by atoms with Gasteiger partial charge in [0.15, 0.2) is 5.82 Å². The number of halogens is 1. The Balaban J connectivity index is 1.59. The molecule has 0 fully saturated rings. The number of imidazole rings is 1. The largest absolute Gasteiger partial charge is 0.388 e. The molecule has 4 rings (SSSR count). The third-order valence-electron chi connectivity index (χ3n) is 5.50. The van der Waals surface area contributed by atoms with Crippen molar-refractivity contribution in [2.75, 3.05) is 12.7 Å². The summed E-state index contributed by atoms with van der Waals surface area (Å²) in [6, 6.07) is 18.2. The summed E-state index contributed by atoms with van der Waals surface area (Å²) < 4.78 is 14.3. The molecule has 1 unspecified atom stereocenters. The van der Waals surface area contributed by atoms with Gasteiger partial charge in [0.1, 0.15) is 18.7 Å². The first kappa shape index (κ1) is 21.8. The number of β-amino-alcohol motifs (C(OH)–C–C–N with tert-alkyl or cyclic N) is 1. The molecule has 0 spiro atoms. The molecular formula is C22H24ClN4O3P. The second-order valence-electron chi connectivity index (χ2n) is 7.86. The number of aliphatic hydroxyl groups excluding tert-OH is 1. The van der Waals surface area contributed by atoms with E-state index in [9.17, 15) is 14.8 Å². The zero-order chi connectivity index (χ0) is 22.1. The SMILES string of the molecule is C[C@](O)(CP(=O)(c1ccccc1)c1ccccc1)[C@@H](O)CN1C=Nc2nc[nH]c2C1Cl. The maximum Gasteiger partial charge on any atom is 0.177 e. The molecular weight excluding hydrogens is 435 g/mol. The number of aliphatic imine (C=N–C) groups is 1. The molecule has 1 aromatic heterocycles. The molecule has 3 N–H and O–H groups in total. The number of benzene rings is 2. The van der Waals surface area contributed by atoms with Gasteiger partial charge in [0.25, 0.3) is 0 Å². The van der Waals surface area contributed by atoms with Crippen LogP contribution in [-0.2, 0) is 4.57 Å². The highest BCUT2D eigenvalue weighted by Gasteiger charge is 2.42. The standard InChI is InChI=1S/C22H24ClN4O3P/c1-22(29,18(28)12-27-15-26-21-19(20(27)23)24-14-25-21)13-31(30,16-8-4-2-5-9-16)17-10-6-3-7-11-17/h2-11,14-15,18,20,28-29H,12-13H2,1H3,(H,24,25)/t18-,20?,22-/m0/s1. The first-order valence-electron chi connectivity index (χ1n) is 9.89. The fourth-order valence-corrected chi connectivity index (χ4v) is 7.06. The number of hydrogen-bond donors (Lipinski definition) is 3. The number of nitrogens with zero attached hydrogens (tertiary/aromatic N) is 3. The van der Waals surface area contributed by atoms with Crippen LogP contribution in [-0.4, -0.2) is 55.8 Å². The summed E-state index contributed by atoms with van der Waals surface area (Å²) in [5.41, 5.74) is -1.65. The predicted molar refractivity (Wildman–Crippen MR) is 123 cm³/mol. The maximum atomic E-state index is 14.3. The highest BCUT2D eigenvalue weighted by atomic mass is 35.5. The lowest BCUT2D eigenvalue weighted by molar-refractivity contribution is -0.0533. The fraction of sp³-hybridized carbons (Fsp3) is 0.273. The van der Waals surface area contributed by atoms with Crippen LogP contribution in [0.1, 0.15) is 18.1 Å². The third kappa shape index (κ3) is 4.32. The van der Waals surface area contributed by atoms with E-state index in [0.717, 1.165) is 0 Å². The van der Waals surface area contributed by atoms with Crippen LogP contribution in [0, 0.1) is 0 Å². The van der Waals surface area contributed by atoms with Crippen molar-refractivity contribution in [3.8, 4) is 0 Å². The summed E-state index contributed by atoms with van der Waals surface area (Å²) in [6.45, 7) is 1.51. The van der Waals surface area contributed by atoms with Crippen molar-refractivity contribution in [3.05, 3.63) is 72.7 Å². The molecule has 0 radical (unpaired) electrons. The van der Waals surface area contributed by atoms with E-state index < -0.39 is 24.3 Å². The van der Waals surface area contributed by atoms with Gasteiger partial charge in [0, 0.05) is 23.3 Å². The van der Waals surface area contributed by atoms with Crippen LogP contribution in [0.3, 0.4) is 0 Å². The van der Waals surface area contributed by atoms with E-state index >= 15 is 0 Å². The third-order valence-corrected chi connectivity index (χ3v) is 9.32. The Kier molecular flexibility index (Phi) is 6.04. The molecule has 31 heavy (non-hydrogen) atoms. The van der Waals surface area contributed by atoms with Crippen LogP contribution in [0.5, 0.6) is 0 Å². The van der Waals surface area contributed by atoms with Gasteiger partial charge in [-0.05, 0) is 6.92 Å². The summed E-state index contributed by atoms with van der Waals surface area (Å²) in [6.07, 6.45) is 1.64. The summed E-state index contributed by atoms with van der Waals surface area (Å²) in [5.74, 6) is 0.496. The normalized spacial score (nSPS) is 19.0. The number of rotatable bonds is 7. The average Bonchev–Trinajstić information content (AvgIpc) is 3.26. The molecule has 2 aromatic carbocycles. The predicted octanol–water partition coefficient (Wildman–Crippen LogP) is 2.75.